The zero-order valence-corrected chi connectivity index (χ0v) is 19.1. The maximum atomic E-state index is 13.2. The zero-order valence-electron chi connectivity index (χ0n) is 19.1. The van der Waals surface area contributed by atoms with Gasteiger partial charge < -0.3 is 19.1 Å². The summed E-state index contributed by atoms with van der Waals surface area (Å²) < 4.78 is 11.0. The fourth-order valence-electron chi connectivity index (χ4n) is 3.58. The molecule has 8 nitrogen and oxygen atoms in total. The van der Waals surface area contributed by atoms with Crippen molar-refractivity contribution >= 4 is 16.8 Å². The molecule has 8 heteroatoms. The number of aromatic amines is 1. The molecule has 2 aromatic heterocycles. The normalized spacial score (nSPS) is 11.2. The van der Waals surface area contributed by atoms with Crippen LogP contribution in [0.5, 0.6) is 5.75 Å². The Hall–Kier alpha value is -3.94. The second-order valence-electron chi connectivity index (χ2n) is 8.17. The maximum absolute atomic E-state index is 13.2. The summed E-state index contributed by atoms with van der Waals surface area (Å²) in [5, 5.41) is 4.45. The number of aromatic nitrogens is 3. The SMILES string of the molecule is Cc1noc(C)c1COc1ccc(C(=O)N(Cc2nc3ccccc3c(=O)[nH]2)C(C)C)cc1. The lowest BCUT2D eigenvalue weighted by Crippen LogP contribution is -2.37. The molecular formula is C25H26N4O4. The molecule has 0 aliphatic carbocycles. The number of ether oxygens (including phenoxy) is 1. The Bertz CT molecular complexity index is 1320. The monoisotopic (exact) mass is 446 g/mol. The lowest BCUT2D eigenvalue weighted by Gasteiger charge is -2.26. The number of nitrogens with one attached hydrogen (secondary N) is 1. The highest BCUT2D eigenvalue weighted by Crippen LogP contribution is 2.20. The van der Waals surface area contributed by atoms with Crippen LogP contribution in [-0.4, -0.2) is 32.0 Å². The molecule has 2 aromatic carbocycles. The predicted molar refractivity (Wildman–Crippen MR) is 124 cm³/mol. The van der Waals surface area contributed by atoms with Crippen LogP contribution in [0.25, 0.3) is 10.9 Å². The average Bonchev–Trinajstić information content (AvgIpc) is 3.13. The van der Waals surface area contributed by atoms with Crippen LogP contribution < -0.4 is 10.3 Å². The van der Waals surface area contributed by atoms with Crippen LogP contribution in [0, 0.1) is 13.8 Å². The van der Waals surface area contributed by atoms with Gasteiger partial charge in [-0.1, -0.05) is 17.3 Å². The number of hydrogen-bond donors (Lipinski definition) is 1. The van der Waals surface area contributed by atoms with E-state index in [1.165, 1.54) is 0 Å². The van der Waals surface area contributed by atoms with Crippen LogP contribution in [0.3, 0.4) is 0 Å². The molecule has 0 aliphatic rings. The molecule has 0 unspecified atom stereocenters. The summed E-state index contributed by atoms with van der Waals surface area (Å²) in [7, 11) is 0. The third-order valence-corrected chi connectivity index (χ3v) is 5.53. The molecule has 0 radical (unpaired) electrons. The van der Waals surface area contributed by atoms with E-state index in [-0.39, 0.29) is 24.1 Å². The van der Waals surface area contributed by atoms with Crippen molar-refractivity contribution in [3.63, 3.8) is 0 Å². The third-order valence-electron chi connectivity index (χ3n) is 5.53. The number of rotatable bonds is 7. The first-order chi connectivity index (χ1) is 15.8. The largest absolute Gasteiger partial charge is 0.489 e. The van der Waals surface area contributed by atoms with E-state index in [1.54, 1.807) is 47.4 Å². The van der Waals surface area contributed by atoms with Gasteiger partial charge in [-0.05, 0) is 64.1 Å². The number of para-hydroxylation sites is 1. The van der Waals surface area contributed by atoms with Crippen LogP contribution in [0.2, 0.25) is 0 Å². The minimum atomic E-state index is -0.216. The minimum Gasteiger partial charge on any atom is -0.489 e. The van der Waals surface area contributed by atoms with Crippen molar-refractivity contribution in [2.24, 2.45) is 0 Å². The third kappa shape index (κ3) is 4.79. The van der Waals surface area contributed by atoms with Crippen molar-refractivity contribution in [1.82, 2.24) is 20.0 Å². The smallest absolute Gasteiger partial charge is 0.258 e. The first kappa shape index (κ1) is 22.3. The Balaban J connectivity index is 1.49. The predicted octanol–water partition coefficient (Wildman–Crippen LogP) is 4.16. The van der Waals surface area contributed by atoms with Gasteiger partial charge in [-0.25, -0.2) is 4.98 Å². The second-order valence-corrected chi connectivity index (χ2v) is 8.17. The molecule has 4 rings (SSSR count). The Morgan fingerprint density at radius 2 is 1.85 bits per heavy atom. The molecule has 33 heavy (non-hydrogen) atoms. The van der Waals surface area contributed by atoms with Gasteiger partial charge >= 0.3 is 0 Å². The fraction of sp³-hybridized carbons (Fsp3) is 0.280. The summed E-state index contributed by atoms with van der Waals surface area (Å²) in [5.41, 5.74) is 2.63. The van der Waals surface area contributed by atoms with Gasteiger partial charge in [0.25, 0.3) is 11.5 Å². The van der Waals surface area contributed by atoms with Crippen LogP contribution in [-0.2, 0) is 13.2 Å². The quantitative estimate of drug-likeness (QED) is 0.457. The highest BCUT2D eigenvalue weighted by atomic mass is 16.5. The van der Waals surface area contributed by atoms with Crippen LogP contribution in [0.15, 0.2) is 57.8 Å². The first-order valence-electron chi connectivity index (χ1n) is 10.8. The van der Waals surface area contributed by atoms with E-state index >= 15 is 0 Å². The minimum absolute atomic E-state index is 0.0928. The number of fused-ring (bicyclic) bond motifs is 1. The summed E-state index contributed by atoms with van der Waals surface area (Å²) in [6.07, 6.45) is 0. The molecule has 0 spiro atoms. The van der Waals surface area contributed by atoms with Gasteiger partial charge in [-0.3, -0.25) is 9.59 Å². The molecule has 0 aliphatic heterocycles. The number of nitrogens with zero attached hydrogens (tertiary/aromatic N) is 3. The van der Waals surface area contributed by atoms with Gasteiger partial charge in [0.15, 0.2) is 0 Å². The van der Waals surface area contributed by atoms with Crippen molar-refractivity contribution in [2.75, 3.05) is 0 Å². The second kappa shape index (κ2) is 9.28. The summed E-state index contributed by atoms with van der Waals surface area (Å²) in [4.78, 5) is 34.6. The van der Waals surface area contributed by atoms with Crippen molar-refractivity contribution in [3.8, 4) is 5.75 Å². The summed E-state index contributed by atoms with van der Waals surface area (Å²) in [6, 6.07) is 14.0. The van der Waals surface area contributed by atoms with Crippen LogP contribution in [0.4, 0.5) is 0 Å². The number of aryl methyl sites for hydroxylation is 2. The molecule has 170 valence electrons. The molecule has 0 fully saturated rings. The molecule has 0 saturated heterocycles. The average molecular weight is 447 g/mol. The number of carbonyl (C=O) groups excluding carboxylic acids is 1. The standard InChI is InChI=1S/C25H26N4O4/c1-15(2)29(13-23-26-22-8-6-5-7-20(22)24(30)27-23)25(31)18-9-11-19(12-10-18)32-14-21-16(3)28-33-17(21)4/h5-12,15H,13-14H2,1-4H3,(H,26,27,30). The first-order valence-corrected chi connectivity index (χ1v) is 10.8. The number of amides is 1. The van der Waals surface area contributed by atoms with E-state index in [0.717, 1.165) is 17.0 Å². The van der Waals surface area contributed by atoms with Gasteiger partial charge in [0.1, 0.15) is 23.9 Å². The van der Waals surface area contributed by atoms with Crippen molar-refractivity contribution in [3.05, 3.63) is 87.3 Å². The molecule has 0 bridgehead atoms. The lowest BCUT2D eigenvalue weighted by molar-refractivity contribution is 0.0685. The molecule has 1 N–H and O–H groups in total. The van der Waals surface area contributed by atoms with Crippen LogP contribution >= 0.6 is 0 Å². The Morgan fingerprint density at radius 3 is 2.52 bits per heavy atom. The Morgan fingerprint density at radius 1 is 1.12 bits per heavy atom. The molecule has 2 heterocycles. The molecular weight excluding hydrogens is 420 g/mol. The summed E-state index contributed by atoms with van der Waals surface area (Å²) in [5.74, 6) is 1.66. The van der Waals surface area contributed by atoms with Crippen LogP contribution in [0.1, 0.15) is 47.0 Å². The van der Waals surface area contributed by atoms with Gasteiger partial charge in [-0.2, -0.15) is 0 Å². The van der Waals surface area contributed by atoms with E-state index in [4.69, 9.17) is 9.26 Å². The fourth-order valence-corrected chi connectivity index (χ4v) is 3.58. The zero-order chi connectivity index (χ0) is 23.5. The number of benzene rings is 2. The number of carbonyl (C=O) groups is 1. The Kier molecular flexibility index (Phi) is 6.26. The van der Waals surface area contributed by atoms with E-state index in [9.17, 15) is 9.59 Å². The van der Waals surface area contributed by atoms with Gasteiger partial charge in [-0.15, -0.1) is 0 Å². The van der Waals surface area contributed by atoms with Crippen molar-refractivity contribution in [2.45, 2.75) is 46.9 Å². The van der Waals surface area contributed by atoms with E-state index in [2.05, 4.69) is 15.1 Å². The van der Waals surface area contributed by atoms with E-state index < -0.39 is 0 Å². The van der Waals surface area contributed by atoms with Gasteiger partial charge in [0, 0.05) is 11.6 Å². The molecule has 1 amide bonds. The highest BCUT2D eigenvalue weighted by molar-refractivity contribution is 5.94. The lowest BCUT2D eigenvalue weighted by atomic mass is 10.1. The molecule has 0 atom stereocenters. The summed E-state index contributed by atoms with van der Waals surface area (Å²) in [6.45, 7) is 8.11. The topological polar surface area (TPSA) is 101 Å². The summed E-state index contributed by atoms with van der Waals surface area (Å²) >= 11 is 0. The van der Waals surface area contributed by atoms with Gasteiger partial charge in [0.2, 0.25) is 0 Å². The molecule has 4 aromatic rings. The molecule has 0 saturated carbocycles. The van der Waals surface area contributed by atoms with Gasteiger partial charge in [0.05, 0.1) is 28.7 Å². The maximum Gasteiger partial charge on any atom is 0.258 e. The number of H-pyrrole nitrogens is 1. The number of hydrogen-bond acceptors (Lipinski definition) is 6. The van der Waals surface area contributed by atoms with Crippen molar-refractivity contribution in [1.29, 1.82) is 0 Å². The van der Waals surface area contributed by atoms with Crippen molar-refractivity contribution < 1.29 is 14.1 Å². The Labute approximate surface area is 191 Å². The van der Waals surface area contributed by atoms with E-state index in [0.29, 0.717) is 34.6 Å². The van der Waals surface area contributed by atoms with E-state index in [1.807, 2.05) is 33.8 Å². The highest BCUT2D eigenvalue weighted by Gasteiger charge is 2.21.